The Balaban J connectivity index is 4.57. The van der Waals surface area contributed by atoms with Crippen LogP contribution in [0.1, 0.15) is 278 Å². The van der Waals surface area contributed by atoms with E-state index in [1.54, 1.807) is 0 Å². The topological polar surface area (TPSA) is 78.9 Å². The van der Waals surface area contributed by atoms with Crippen LogP contribution < -0.4 is 0 Å². The van der Waals surface area contributed by atoms with Gasteiger partial charge in [-0.15, -0.1) is 0 Å². The summed E-state index contributed by atoms with van der Waals surface area (Å²) in [4.78, 5) is 38.4. The van der Waals surface area contributed by atoms with E-state index >= 15 is 0 Å². The molecule has 0 N–H and O–H groups in total. The van der Waals surface area contributed by atoms with E-state index in [0.717, 1.165) is 141 Å². The molecule has 456 valence electrons. The molecule has 0 radical (unpaired) electrons. The standard InChI is InChI=1S/C75H120O6/c1-4-7-10-13-16-19-22-25-28-31-34-36-37-39-41-44-47-50-53-56-59-62-65-68-74(77)80-71-72(70-79-73(76)67-64-61-58-55-52-49-46-43-40-33-30-27-24-21-18-15-12-9-6-3)81-75(78)69-66-63-60-57-54-51-48-45-42-38-35-32-29-26-23-20-17-14-11-8-5-2/h7,10,16,18-19,21,23,25-28,30,32,34-36,39-43,45,47,50,56,59,72H,4-6,8-9,11-15,17,20,22,24,29,31,33,37-38,44,46,48-49,51-55,57-58,60-71H2,1-3H3/b10-7-,19-16-,21-18-,26-23-,28-25-,30-27-,35-32-,36-34-,41-39-,43-40-,45-42-,50-47-,59-56-. The Morgan fingerprint density at radius 3 is 0.827 bits per heavy atom. The summed E-state index contributed by atoms with van der Waals surface area (Å²) in [5.74, 6) is -1.00. The zero-order valence-corrected chi connectivity index (χ0v) is 52.2. The van der Waals surface area contributed by atoms with Crippen LogP contribution in [0.3, 0.4) is 0 Å². The first-order valence-electron chi connectivity index (χ1n) is 33.0. The van der Waals surface area contributed by atoms with Crippen molar-refractivity contribution < 1.29 is 28.6 Å². The lowest BCUT2D eigenvalue weighted by atomic mass is 10.1. The third-order valence-electron chi connectivity index (χ3n) is 13.5. The molecule has 0 aliphatic rings. The van der Waals surface area contributed by atoms with Gasteiger partial charge in [0.05, 0.1) is 0 Å². The number of hydrogen-bond acceptors (Lipinski definition) is 6. The first kappa shape index (κ1) is 76.0. The predicted octanol–water partition coefficient (Wildman–Crippen LogP) is 22.9. The lowest BCUT2D eigenvalue weighted by Gasteiger charge is -2.18. The molecule has 0 amide bonds. The summed E-state index contributed by atoms with van der Waals surface area (Å²) in [7, 11) is 0. The molecule has 1 atom stereocenters. The molecule has 6 heteroatoms. The minimum absolute atomic E-state index is 0.115. The number of carbonyl (C=O) groups excluding carboxylic acids is 3. The summed E-state index contributed by atoms with van der Waals surface area (Å²) in [6, 6.07) is 0. The van der Waals surface area contributed by atoms with Crippen LogP contribution >= 0.6 is 0 Å². The fraction of sp³-hybridized carbons (Fsp3) is 0.613. The van der Waals surface area contributed by atoms with Gasteiger partial charge in [0.25, 0.3) is 0 Å². The number of hydrogen-bond donors (Lipinski definition) is 0. The van der Waals surface area contributed by atoms with E-state index in [1.807, 2.05) is 0 Å². The van der Waals surface area contributed by atoms with Gasteiger partial charge in [-0.3, -0.25) is 14.4 Å². The summed E-state index contributed by atoms with van der Waals surface area (Å²) in [5, 5.41) is 0. The minimum Gasteiger partial charge on any atom is -0.462 e. The van der Waals surface area contributed by atoms with Crippen LogP contribution in [0.15, 0.2) is 158 Å². The van der Waals surface area contributed by atoms with Crippen molar-refractivity contribution in [1.29, 1.82) is 0 Å². The SMILES string of the molecule is CC/C=C\C/C=C\C/C=C\C/C=C\C/C=C\C/C=C\C/C=C\CCCC(=O)OCC(COC(=O)CCCCCCCC/C=C\C/C=C\C/C=C\CCCCC)OC(=O)CCCCCCCC/C=C\C/C=C\C/C=C\CCCCCCC. The van der Waals surface area contributed by atoms with Crippen LogP contribution in [0.25, 0.3) is 0 Å². The third-order valence-corrected chi connectivity index (χ3v) is 13.5. The number of allylic oxidation sites excluding steroid dienone is 26. The second-order valence-corrected chi connectivity index (χ2v) is 21.3. The van der Waals surface area contributed by atoms with Crippen molar-refractivity contribution in [3.8, 4) is 0 Å². The predicted molar refractivity (Wildman–Crippen MR) is 352 cm³/mol. The molecule has 0 aromatic rings. The average molecular weight is 1120 g/mol. The summed E-state index contributed by atoms with van der Waals surface area (Å²) in [5.41, 5.74) is 0. The van der Waals surface area contributed by atoms with Gasteiger partial charge in [-0.2, -0.15) is 0 Å². The quantitative estimate of drug-likeness (QED) is 0.0261. The highest BCUT2D eigenvalue weighted by atomic mass is 16.6. The molecule has 0 aromatic carbocycles. The van der Waals surface area contributed by atoms with Crippen molar-refractivity contribution >= 4 is 17.9 Å². The van der Waals surface area contributed by atoms with Crippen LogP contribution in [0, 0.1) is 0 Å². The molecule has 81 heavy (non-hydrogen) atoms. The number of unbranched alkanes of at least 4 members (excludes halogenated alkanes) is 21. The van der Waals surface area contributed by atoms with Crippen LogP contribution in [-0.4, -0.2) is 37.2 Å². The van der Waals surface area contributed by atoms with E-state index in [-0.39, 0.29) is 37.5 Å². The Morgan fingerprint density at radius 1 is 0.259 bits per heavy atom. The Hall–Kier alpha value is -4.97. The zero-order chi connectivity index (χ0) is 58.5. The maximum Gasteiger partial charge on any atom is 0.306 e. The van der Waals surface area contributed by atoms with Crippen molar-refractivity contribution in [2.75, 3.05) is 13.2 Å². The van der Waals surface area contributed by atoms with Crippen molar-refractivity contribution in [1.82, 2.24) is 0 Å². The average Bonchev–Trinajstić information content (AvgIpc) is 3.47. The first-order valence-corrected chi connectivity index (χ1v) is 33.0. The molecule has 0 fully saturated rings. The number of carbonyl (C=O) groups is 3. The van der Waals surface area contributed by atoms with E-state index < -0.39 is 6.10 Å². The van der Waals surface area contributed by atoms with Gasteiger partial charge in [-0.1, -0.05) is 269 Å². The summed E-state index contributed by atoms with van der Waals surface area (Å²) in [6.07, 6.45) is 98.1. The molecule has 0 spiro atoms. The fourth-order valence-corrected chi connectivity index (χ4v) is 8.56. The lowest BCUT2D eigenvalue weighted by molar-refractivity contribution is -0.167. The van der Waals surface area contributed by atoms with Gasteiger partial charge < -0.3 is 14.2 Å². The highest BCUT2D eigenvalue weighted by molar-refractivity contribution is 5.71. The Morgan fingerprint density at radius 2 is 0.494 bits per heavy atom. The van der Waals surface area contributed by atoms with E-state index in [9.17, 15) is 14.4 Å². The number of rotatable bonds is 58. The zero-order valence-electron chi connectivity index (χ0n) is 52.2. The minimum atomic E-state index is -0.825. The largest absolute Gasteiger partial charge is 0.462 e. The normalized spacial score (nSPS) is 13.2. The molecule has 1 unspecified atom stereocenters. The van der Waals surface area contributed by atoms with E-state index in [4.69, 9.17) is 14.2 Å². The van der Waals surface area contributed by atoms with E-state index in [2.05, 4.69) is 179 Å². The molecule has 6 nitrogen and oxygen atoms in total. The Kier molecular flexibility index (Phi) is 63.4. The maximum absolute atomic E-state index is 12.9. The van der Waals surface area contributed by atoms with Crippen LogP contribution in [0.5, 0.6) is 0 Å². The van der Waals surface area contributed by atoms with Crippen LogP contribution in [-0.2, 0) is 28.6 Å². The summed E-state index contributed by atoms with van der Waals surface area (Å²) < 4.78 is 16.9. The van der Waals surface area contributed by atoms with Gasteiger partial charge in [0.1, 0.15) is 13.2 Å². The van der Waals surface area contributed by atoms with E-state index in [0.29, 0.717) is 19.3 Å². The molecular weight excluding hydrogens is 997 g/mol. The Labute approximate surface area is 499 Å². The second-order valence-electron chi connectivity index (χ2n) is 21.3. The van der Waals surface area contributed by atoms with Crippen molar-refractivity contribution in [2.24, 2.45) is 0 Å². The lowest BCUT2D eigenvalue weighted by Crippen LogP contribution is -2.30. The van der Waals surface area contributed by atoms with Crippen molar-refractivity contribution in [3.05, 3.63) is 158 Å². The van der Waals surface area contributed by atoms with Gasteiger partial charge in [0.2, 0.25) is 0 Å². The van der Waals surface area contributed by atoms with Crippen LogP contribution in [0.4, 0.5) is 0 Å². The molecule has 0 heterocycles. The third kappa shape index (κ3) is 65.7. The maximum atomic E-state index is 12.9. The molecule has 0 aliphatic heterocycles. The highest BCUT2D eigenvalue weighted by Crippen LogP contribution is 2.14. The van der Waals surface area contributed by atoms with Crippen molar-refractivity contribution in [2.45, 2.75) is 284 Å². The van der Waals surface area contributed by atoms with E-state index in [1.165, 1.54) is 89.9 Å². The molecule has 0 bridgehead atoms. The van der Waals surface area contributed by atoms with Gasteiger partial charge in [0.15, 0.2) is 6.10 Å². The molecule has 0 saturated heterocycles. The fourth-order valence-electron chi connectivity index (χ4n) is 8.56. The molecular formula is C75H120O6. The second kappa shape index (κ2) is 67.5. The molecule has 0 aliphatic carbocycles. The van der Waals surface area contributed by atoms with Gasteiger partial charge in [-0.25, -0.2) is 0 Å². The smallest absolute Gasteiger partial charge is 0.306 e. The molecule has 0 aromatic heterocycles. The monoisotopic (exact) mass is 1120 g/mol. The number of esters is 3. The molecule has 0 rings (SSSR count). The Bertz CT molecular complexity index is 1810. The van der Waals surface area contributed by atoms with Gasteiger partial charge in [-0.05, 0) is 148 Å². The number of ether oxygens (including phenoxy) is 3. The highest BCUT2D eigenvalue weighted by Gasteiger charge is 2.19. The summed E-state index contributed by atoms with van der Waals surface area (Å²) >= 11 is 0. The van der Waals surface area contributed by atoms with Gasteiger partial charge >= 0.3 is 17.9 Å². The molecule has 0 saturated carbocycles. The van der Waals surface area contributed by atoms with Gasteiger partial charge in [0, 0.05) is 19.3 Å². The van der Waals surface area contributed by atoms with Crippen molar-refractivity contribution in [3.63, 3.8) is 0 Å². The van der Waals surface area contributed by atoms with Crippen LogP contribution in [0.2, 0.25) is 0 Å². The first-order chi connectivity index (χ1) is 40.0. The summed E-state index contributed by atoms with van der Waals surface area (Å²) in [6.45, 7) is 6.42.